The molecule has 9 heteroatoms. The van der Waals surface area contributed by atoms with Gasteiger partial charge in [0.15, 0.2) is 23.1 Å². The molecule has 5 rings (SSSR count). The van der Waals surface area contributed by atoms with E-state index in [0.717, 1.165) is 11.4 Å². The van der Waals surface area contributed by atoms with E-state index in [1.807, 2.05) is 32.6 Å². The summed E-state index contributed by atoms with van der Waals surface area (Å²) in [5.74, 6) is -1.54. The smallest absolute Gasteiger partial charge is 0.305 e. The second-order valence-corrected chi connectivity index (χ2v) is 13.7. The van der Waals surface area contributed by atoms with Crippen molar-refractivity contribution < 1.29 is 33.4 Å². The maximum atomic E-state index is 14.0. The van der Waals surface area contributed by atoms with E-state index in [9.17, 15) is 23.9 Å². The summed E-state index contributed by atoms with van der Waals surface area (Å²) in [5, 5.41) is 9.80. The first-order chi connectivity index (χ1) is 20.2. The molecule has 228 valence electrons. The number of halogens is 2. The lowest BCUT2D eigenvalue weighted by atomic mass is 9.63. The second-order valence-electron chi connectivity index (χ2n) is 13.3. The molecular weight excluding hydrogens is 573 g/mol. The Morgan fingerprint density at radius 1 is 1.00 bits per heavy atom. The lowest BCUT2D eigenvalue weighted by Crippen LogP contribution is -2.45. The van der Waals surface area contributed by atoms with Crippen molar-refractivity contribution in [3.8, 4) is 11.5 Å². The standard InChI is InChI=1S/C34H37ClFNO6/c1-33(2)14-23-30(25(38)16-33)29(31-24(37(23)10-9-28(40)41)15-34(3,4)17-26(31)39)20-12-22(35)32(27(13-20)42-5)43-18-19-7-6-8-21(36)11-19/h6-8,11-13,29H,9-10,14-18H2,1-5H3,(H,40,41). The molecule has 1 heterocycles. The van der Waals surface area contributed by atoms with E-state index in [-0.39, 0.29) is 58.6 Å². The highest BCUT2D eigenvalue weighted by molar-refractivity contribution is 6.32. The van der Waals surface area contributed by atoms with E-state index in [4.69, 9.17) is 21.1 Å². The number of carboxylic acid groups (broad SMARTS) is 1. The van der Waals surface area contributed by atoms with Gasteiger partial charge in [0.2, 0.25) is 0 Å². The Kier molecular flexibility index (Phi) is 8.20. The van der Waals surface area contributed by atoms with Gasteiger partial charge in [0, 0.05) is 47.8 Å². The van der Waals surface area contributed by atoms with Crippen LogP contribution in [0.3, 0.4) is 0 Å². The first-order valence-corrected chi connectivity index (χ1v) is 14.8. The molecule has 2 aliphatic carbocycles. The van der Waals surface area contributed by atoms with Crippen LogP contribution in [0.4, 0.5) is 4.39 Å². The summed E-state index contributed by atoms with van der Waals surface area (Å²) < 4.78 is 25.4. The molecule has 0 atom stereocenters. The van der Waals surface area contributed by atoms with E-state index in [2.05, 4.69) is 0 Å². The van der Waals surface area contributed by atoms with Crippen LogP contribution in [-0.4, -0.2) is 41.2 Å². The van der Waals surface area contributed by atoms with Crippen molar-refractivity contribution in [1.29, 1.82) is 0 Å². The maximum Gasteiger partial charge on any atom is 0.305 e. The van der Waals surface area contributed by atoms with Crippen LogP contribution in [0.15, 0.2) is 58.9 Å². The number of aliphatic carboxylic acids is 1. The predicted molar refractivity (Wildman–Crippen MR) is 161 cm³/mol. The fourth-order valence-corrected chi connectivity index (χ4v) is 6.96. The molecule has 0 spiro atoms. The Morgan fingerprint density at radius 2 is 1.60 bits per heavy atom. The zero-order chi connectivity index (χ0) is 31.3. The molecule has 7 nitrogen and oxygen atoms in total. The highest BCUT2D eigenvalue weighted by Crippen LogP contribution is 2.55. The van der Waals surface area contributed by atoms with Crippen molar-refractivity contribution in [2.45, 2.75) is 72.3 Å². The third-order valence-electron chi connectivity index (χ3n) is 8.43. The lowest BCUT2D eigenvalue weighted by Gasteiger charge is -2.49. The molecule has 0 unspecified atom stereocenters. The molecule has 1 aliphatic heterocycles. The van der Waals surface area contributed by atoms with Gasteiger partial charge in [-0.3, -0.25) is 14.4 Å². The Hall–Kier alpha value is -3.65. The fraction of sp³-hybridized carbons (Fsp3) is 0.441. The summed E-state index contributed by atoms with van der Waals surface area (Å²) in [4.78, 5) is 41.5. The van der Waals surface area contributed by atoms with Gasteiger partial charge in [0.25, 0.3) is 0 Å². The van der Waals surface area contributed by atoms with E-state index in [1.165, 1.54) is 19.2 Å². The number of ether oxygens (including phenoxy) is 2. The van der Waals surface area contributed by atoms with Gasteiger partial charge in [-0.2, -0.15) is 0 Å². The van der Waals surface area contributed by atoms with Gasteiger partial charge < -0.3 is 19.5 Å². The molecule has 2 aromatic carbocycles. The van der Waals surface area contributed by atoms with Crippen molar-refractivity contribution in [2.24, 2.45) is 10.8 Å². The minimum Gasteiger partial charge on any atom is -0.493 e. The highest BCUT2D eigenvalue weighted by Gasteiger charge is 2.49. The minimum atomic E-state index is -0.945. The normalized spacial score (nSPS) is 19.7. The average Bonchev–Trinajstić information content (AvgIpc) is 2.89. The van der Waals surface area contributed by atoms with Crippen LogP contribution < -0.4 is 9.47 Å². The summed E-state index contributed by atoms with van der Waals surface area (Å²) in [6.07, 6.45) is 1.61. The number of benzene rings is 2. The topological polar surface area (TPSA) is 93.1 Å². The molecule has 0 amide bonds. The molecule has 0 radical (unpaired) electrons. The number of carbonyl (C=O) groups is 3. The van der Waals surface area contributed by atoms with Gasteiger partial charge in [-0.05, 0) is 59.1 Å². The van der Waals surface area contributed by atoms with Gasteiger partial charge >= 0.3 is 5.97 Å². The van der Waals surface area contributed by atoms with Crippen molar-refractivity contribution in [2.75, 3.05) is 13.7 Å². The third-order valence-corrected chi connectivity index (χ3v) is 8.71. The minimum absolute atomic E-state index is 0.0564. The summed E-state index contributed by atoms with van der Waals surface area (Å²) in [6, 6.07) is 9.52. The molecular formula is C34H37ClFNO6. The number of ketones is 2. The van der Waals surface area contributed by atoms with Crippen LogP contribution >= 0.6 is 11.6 Å². The van der Waals surface area contributed by atoms with E-state index < -0.39 is 11.9 Å². The maximum absolute atomic E-state index is 14.0. The molecule has 1 N–H and O–H groups in total. The first-order valence-electron chi connectivity index (χ1n) is 14.5. The van der Waals surface area contributed by atoms with Gasteiger partial charge in [-0.25, -0.2) is 4.39 Å². The number of carboxylic acids is 1. The average molecular weight is 610 g/mol. The van der Waals surface area contributed by atoms with Crippen molar-refractivity contribution >= 4 is 29.1 Å². The van der Waals surface area contributed by atoms with Crippen LogP contribution in [0.5, 0.6) is 11.5 Å². The largest absolute Gasteiger partial charge is 0.493 e. The Labute approximate surface area is 256 Å². The monoisotopic (exact) mass is 609 g/mol. The van der Waals surface area contributed by atoms with Gasteiger partial charge in [-0.1, -0.05) is 51.4 Å². The highest BCUT2D eigenvalue weighted by atomic mass is 35.5. The van der Waals surface area contributed by atoms with Crippen LogP contribution in [0.1, 0.15) is 76.8 Å². The second kappa shape index (κ2) is 11.5. The van der Waals surface area contributed by atoms with E-state index in [1.54, 1.807) is 24.3 Å². The molecule has 0 saturated heterocycles. The van der Waals surface area contributed by atoms with Gasteiger partial charge in [0.1, 0.15) is 12.4 Å². The third kappa shape index (κ3) is 6.21. The predicted octanol–water partition coefficient (Wildman–Crippen LogP) is 7.23. The summed E-state index contributed by atoms with van der Waals surface area (Å²) in [6.45, 7) is 8.35. The van der Waals surface area contributed by atoms with Crippen LogP contribution in [0, 0.1) is 16.6 Å². The summed E-state index contributed by atoms with van der Waals surface area (Å²) in [7, 11) is 1.48. The summed E-state index contributed by atoms with van der Waals surface area (Å²) >= 11 is 6.80. The van der Waals surface area contributed by atoms with E-state index in [0.29, 0.717) is 53.7 Å². The van der Waals surface area contributed by atoms with Crippen molar-refractivity contribution in [3.05, 3.63) is 80.9 Å². The number of methoxy groups -OCH3 is 1. The van der Waals surface area contributed by atoms with Crippen molar-refractivity contribution in [1.82, 2.24) is 4.90 Å². The molecule has 0 fully saturated rings. The number of carbonyl (C=O) groups excluding carboxylic acids is 2. The lowest BCUT2D eigenvalue weighted by molar-refractivity contribution is -0.137. The number of hydrogen-bond acceptors (Lipinski definition) is 6. The number of Topliss-reactive ketones (excluding diaryl/α,β-unsaturated/α-hetero) is 2. The molecule has 0 aromatic heterocycles. The zero-order valence-corrected chi connectivity index (χ0v) is 25.9. The SMILES string of the molecule is COc1cc(C2C3=C(CC(C)(C)CC3=O)N(CCC(=O)O)C3=C2C(=O)CC(C)(C)C3)cc(Cl)c1OCc1cccc(F)c1. The van der Waals surface area contributed by atoms with Gasteiger partial charge in [0.05, 0.1) is 18.6 Å². The molecule has 0 bridgehead atoms. The molecule has 43 heavy (non-hydrogen) atoms. The number of rotatable bonds is 8. The van der Waals surface area contributed by atoms with Crippen LogP contribution in [-0.2, 0) is 21.0 Å². The number of nitrogens with zero attached hydrogens (tertiary/aromatic N) is 1. The molecule has 3 aliphatic rings. The Morgan fingerprint density at radius 3 is 2.14 bits per heavy atom. The fourth-order valence-electron chi connectivity index (χ4n) is 6.69. The molecule has 2 aromatic rings. The van der Waals surface area contributed by atoms with Crippen LogP contribution in [0.2, 0.25) is 5.02 Å². The molecule has 0 saturated carbocycles. The van der Waals surface area contributed by atoms with E-state index >= 15 is 0 Å². The Bertz CT molecular complexity index is 1520. The number of allylic oxidation sites excluding steroid dienone is 4. The summed E-state index contributed by atoms with van der Waals surface area (Å²) in [5.41, 5.74) is 3.16. The first kappa shape index (κ1) is 30.8. The van der Waals surface area contributed by atoms with Gasteiger partial charge in [-0.15, -0.1) is 0 Å². The van der Waals surface area contributed by atoms with Crippen molar-refractivity contribution in [3.63, 3.8) is 0 Å². The Balaban J connectivity index is 1.66. The zero-order valence-electron chi connectivity index (χ0n) is 25.2. The quantitative estimate of drug-likeness (QED) is 0.337. The van der Waals surface area contributed by atoms with Crippen LogP contribution in [0.25, 0.3) is 0 Å². The number of hydrogen-bond donors (Lipinski definition) is 1.